The first-order valence-electron chi connectivity index (χ1n) is 11.1. The third-order valence-corrected chi connectivity index (χ3v) is 6.70. The fourth-order valence-electron chi connectivity index (χ4n) is 5.22. The van der Waals surface area contributed by atoms with Gasteiger partial charge < -0.3 is 14.4 Å². The summed E-state index contributed by atoms with van der Waals surface area (Å²) in [6.07, 6.45) is 6.74. The molecule has 0 unspecified atom stereocenters. The van der Waals surface area contributed by atoms with Gasteiger partial charge in [-0.25, -0.2) is 9.97 Å². The highest BCUT2D eigenvalue weighted by Crippen LogP contribution is 2.42. The topological polar surface area (TPSA) is 50.7 Å². The Labute approximate surface area is 180 Å². The Morgan fingerprint density at radius 2 is 1.93 bits per heavy atom. The van der Waals surface area contributed by atoms with Crippen LogP contribution in [0.15, 0.2) is 24.4 Å². The van der Waals surface area contributed by atoms with Crippen LogP contribution in [0.2, 0.25) is 0 Å². The highest BCUT2D eigenvalue weighted by molar-refractivity contribution is 5.48. The van der Waals surface area contributed by atoms with Gasteiger partial charge in [0.2, 0.25) is 0 Å². The van der Waals surface area contributed by atoms with E-state index in [1.54, 1.807) is 14.2 Å². The standard InChI is InChI=1S/C24H34N4O2/c1-5-19-14-25-18(2)26-23(19)28-13-11-24(17-28)10-7-12-27(16-24)15-20-8-6-9-21(29-3)22(20)30-4/h6,8-9,14H,5,7,10-13,15-17H2,1-4H3/t24-/m0/s1. The Hall–Kier alpha value is -2.34. The van der Waals surface area contributed by atoms with Crippen LogP contribution in [0.3, 0.4) is 0 Å². The molecule has 1 aromatic carbocycles. The van der Waals surface area contributed by atoms with Gasteiger partial charge in [0.15, 0.2) is 11.5 Å². The summed E-state index contributed by atoms with van der Waals surface area (Å²) in [6.45, 7) is 9.49. The molecular formula is C24H34N4O2. The number of rotatable bonds is 6. The highest BCUT2D eigenvalue weighted by atomic mass is 16.5. The summed E-state index contributed by atoms with van der Waals surface area (Å²) < 4.78 is 11.2. The molecule has 4 rings (SSSR count). The Kier molecular flexibility index (Phi) is 6.14. The molecule has 2 fully saturated rings. The monoisotopic (exact) mass is 410 g/mol. The number of hydrogen-bond acceptors (Lipinski definition) is 6. The van der Waals surface area contributed by atoms with Gasteiger partial charge in [0.1, 0.15) is 11.6 Å². The average molecular weight is 411 g/mol. The van der Waals surface area contributed by atoms with Gasteiger partial charge >= 0.3 is 0 Å². The first kappa shape index (κ1) is 20.9. The van der Waals surface area contributed by atoms with Crippen LogP contribution in [0, 0.1) is 12.3 Å². The summed E-state index contributed by atoms with van der Waals surface area (Å²) in [4.78, 5) is 14.3. The maximum absolute atomic E-state index is 5.66. The molecule has 0 saturated carbocycles. The molecule has 0 N–H and O–H groups in total. The van der Waals surface area contributed by atoms with Crippen LogP contribution in [0.5, 0.6) is 11.5 Å². The van der Waals surface area contributed by atoms with E-state index in [1.807, 2.05) is 19.2 Å². The predicted molar refractivity (Wildman–Crippen MR) is 119 cm³/mol. The lowest BCUT2D eigenvalue weighted by Gasteiger charge is -2.40. The number of aromatic nitrogens is 2. The zero-order chi connectivity index (χ0) is 21.1. The second kappa shape index (κ2) is 8.80. The highest BCUT2D eigenvalue weighted by Gasteiger charge is 2.42. The third-order valence-electron chi connectivity index (χ3n) is 6.70. The van der Waals surface area contributed by atoms with E-state index < -0.39 is 0 Å². The molecule has 0 radical (unpaired) electrons. The third kappa shape index (κ3) is 4.10. The predicted octanol–water partition coefficient (Wildman–Crippen LogP) is 3.86. The van der Waals surface area contributed by atoms with Crippen LogP contribution in [-0.4, -0.2) is 55.3 Å². The molecule has 2 saturated heterocycles. The number of methoxy groups -OCH3 is 2. The molecule has 0 bridgehead atoms. The molecule has 1 aromatic heterocycles. The van der Waals surface area contributed by atoms with E-state index in [4.69, 9.17) is 14.5 Å². The van der Waals surface area contributed by atoms with Crippen molar-refractivity contribution in [2.45, 2.75) is 46.1 Å². The second-order valence-corrected chi connectivity index (χ2v) is 8.76. The molecule has 6 nitrogen and oxygen atoms in total. The van der Waals surface area contributed by atoms with Crippen LogP contribution in [0.25, 0.3) is 0 Å². The van der Waals surface area contributed by atoms with Gasteiger partial charge in [0.25, 0.3) is 0 Å². The number of benzene rings is 1. The molecule has 2 aromatic rings. The number of piperidine rings is 1. The summed E-state index contributed by atoms with van der Waals surface area (Å²) >= 11 is 0. The maximum atomic E-state index is 5.66. The smallest absolute Gasteiger partial charge is 0.165 e. The minimum absolute atomic E-state index is 0.341. The first-order chi connectivity index (χ1) is 14.6. The number of aryl methyl sites for hydroxylation is 2. The van der Waals surface area contributed by atoms with Crippen LogP contribution in [0.4, 0.5) is 5.82 Å². The van der Waals surface area contributed by atoms with Crippen molar-refractivity contribution in [1.29, 1.82) is 0 Å². The zero-order valence-corrected chi connectivity index (χ0v) is 18.8. The van der Waals surface area contributed by atoms with E-state index in [9.17, 15) is 0 Å². The van der Waals surface area contributed by atoms with Crippen LogP contribution in [0.1, 0.15) is 43.1 Å². The molecular weight excluding hydrogens is 376 g/mol. The van der Waals surface area contributed by atoms with Crippen molar-refractivity contribution in [2.24, 2.45) is 5.41 Å². The molecule has 0 aliphatic carbocycles. The van der Waals surface area contributed by atoms with Crippen molar-refractivity contribution in [3.05, 3.63) is 41.3 Å². The van der Waals surface area contributed by atoms with E-state index in [0.29, 0.717) is 5.41 Å². The van der Waals surface area contributed by atoms with Crippen molar-refractivity contribution in [1.82, 2.24) is 14.9 Å². The number of likely N-dealkylation sites (tertiary alicyclic amines) is 1. The summed E-state index contributed by atoms with van der Waals surface area (Å²) in [7, 11) is 3.42. The molecule has 0 amide bonds. The first-order valence-corrected chi connectivity index (χ1v) is 11.1. The summed E-state index contributed by atoms with van der Waals surface area (Å²) in [6, 6.07) is 6.17. The Bertz CT molecular complexity index is 888. The lowest BCUT2D eigenvalue weighted by molar-refractivity contribution is 0.0983. The Balaban J connectivity index is 1.49. The van der Waals surface area contributed by atoms with Crippen LogP contribution >= 0.6 is 0 Å². The van der Waals surface area contributed by atoms with E-state index in [2.05, 4.69) is 33.8 Å². The van der Waals surface area contributed by atoms with Crippen molar-refractivity contribution in [3.8, 4) is 11.5 Å². The number of nitrogens with zero attached hydrogens (tertiary/aromatic N) is 4. The summed E-state index contributed by atoms with van der Waals surface area (Å²) in [5.41, 5.74) is 2.80. The van der Waals surface area contributed by atoms with Gasteiger partial charge in [-0.05, 0) is 45.2 Å². The molecule has 30 heavy (non-hydrogen) atoms. The van der Waals surface area contributed by atoms with Crippen LogP contribution in [-0.2, 0) is 13.0 Å². The van der Waals surface area contributed by atoms with Gasteiger partial charge in [-0.3, -0.25) is 4.90 Å². The maximum Gasteiger partial charge on any atom is 0.165 e. The van der Waals surface area contributed by atoms with Gasteiger partial charge in [-0.2, -0.15) is 0 Å². The fraction of sp³-hybridized carbons (Fsp3) is 0.583. The van der Waals surface area contributed by atoms with E-state index in [1.165, 1.54) is 30.4 Å². The minimum Gasteiger partial charge on any atom is -0.493 e. The van der Waals surface area contributed by atoms with Crippen molar-refractivity contribution in [2.75, 3.05) is 45.3 Å². The number of para-hydroxylation sites is 1. The molecule has 2 aliphatic rings. The molecule has 162 valence electrons. The fourth-order valence-corrected chi connectivity index (χ4v) is 5.22. The second-order valence-electron chi connectivity index (χ2n) is 8.76. The number of ether oxygens (including phenoxy) is 2. The Morgan fingerprint density at radius 1 is 1.07 bits per heavy atom. The van der Waals surface area contributed by atoms with E-state index in [-0.39, 0.29) is 0 Å². The zero-order valence-electron chi connectivity index (χ0n) is 18.8. The van der Waals surface area contributed by atoms with Crippen LogP contribution < -0.4 is 14.4 Å². The van der Waals surface area contributed by atoms with Gasteiger partial charge in [-0.15, -0.1) is 0 Å². The van der Waals surface area contributed by atoms with Crippen molar-refractivity contribution >= 4 is 5.82 Å². The molecule has 3 heterocycles. The molecule has 6 heteroatoms. The largest absolute Gasteiger partial charge is 0.493 e. The van der Waals surface area contributed by atoms with Gasteiger partial charge in [0.05, 0.1) is 14.2 Å². The summed E-state index contributed by atoms with van der Waals surface area (Å²) in [5, 5.41) is 0. The molecule has 2 aliphatic heterocycles. The van der Waals surface area contributed by atoms with E-state index >= 15 is 0 Å². The van der Waals surface area contributed by atoms with Gasteiger partial charge in [0, 0.05) is 48.9 Å². The molecule has 1 spiro atoms. The normalized spacial score (nSPS) is 21.9. The number of hydrogen-bond donors (Lipinski definition) is 0. The van der Waals surface area contributed by atoms with Gasteiger partial charge in [-0.1, -0.05) is 19.1 Å². The molecule has 1 atom stereocenters. The number of anilines is 1. The SMILES string of the molecule is CCc1cnc(C)nc1N1CC[C@]2(CCCN(Cc3cccc(OC)c3OC)C2)C1. The lowest BCUT2D eigenvalue weighted by atomic mass is 9.79. The quantitative estimate of drug-likeness (QED) is 0.721. The Morgan fingerprint density at radius 3 is 2.70 bits per heavy atom. The summed E-state index contributed by atoms with van der Waals surface area (Å²) in [5.74, 6) is 3.67. The van der Waals surface area contributed by atoms with E-state index in [0.717, 1.165) is 62.3 Å². The van der Waals surface area contributed by atoms with Crippen molar-refractivity contribution < 1.29 is 9.47 Å². The van der Waals surface area contributed by atoms with Crippen molar-refractivity contribution in [3.63, 3.8) is 0 Å². The minimum atomic E-state index is 0.341. The lowest BCUT2D eigenvalue weighted by Crippen LogP contribution is -2.44. The average Bonchev–Trinajstić information content (AvgIpc) is 3.16.